The molecule has 1 saturated heterocycles. The standard InChI is InChI=1S/C17H28N2S/c1-13(2)15-11-18-17(8-4-5-9-17)12-19(15)14(3)16-7-6-10-20-16/h6-7,10,13-15,18H,4-5,8-9,11-12H2,1-3H3. The van der Waals surface area contributed by atoms with Crippen molar-refractivity contribution in [3.63, 3.8) is 0 Å². The van der Waals surface area contributed by atoms with Gasteiger partial charge in [-0.2, -0.15) is 0 Å². The van der Waals surface area contributed by atoms with Crippen LogP contribution in [0, 0.1) is 5.92 Å². The monoisotopic (exact) mass is 292 g/mol. The summed E-state index contributed by atoms with van der Waals surface area (Å²) < 4.78 is 0. The fourth-order valence-corrected chi connectivity index (χ4v) is 4.89. The lowest BCUT2D eigenvalue weighted by Gasteiger charge is -2.50. The molecular formula is C17H28N2S. The van der Waals surface area contributed by atoms with Gasteiger partial charge in [0.05, 0.1) is 0 Å². The van der Waals surface area contributed by atoms with Crippen LogP contribution in [0.1, 0.15) is 57.4 Å². The second-order valence-electron chi connectivity index (χ2n) is 7.04. The van der Waals surface area contributed by atoms with E-state index in [2.05, 4.69) is 48.5 Å². The van der Waals surface area contributed by atoms with Gasteiger partial charge < -0.3 is 5.32 Å². The summed E-state index contributed by atoms with van der Waals surface area (Å²) in [6.45, 7) is 9.53. The quantitative estimate of drug-likeness (QED) is 0.904. The zero-order valence-electron chi connectivity index (χ0n) is 13.1. The molecule has 2 nitrogen and oxygen atoms in total. The summed E-state index contributed by atoms with van der Waals surface area (Å²) in [5.41, 5.74) is 0.414. The Hall–Kier alpha value is -0.380. The van der Waals surface area contributed by atoms with Gasteiger partial charge in [-0.3, -0.25) is 4.90 Å². The van der Waals surface area contributed by atoms with Crippen molar-refractivity contribution >= 4 is 11.3 Å². The van der Waals surface area contributed by atoms with Crippen molar-refractivity contribution in [2.45, 2.75) is 64.1 Å². The van der Waals surface area contributed by atoms with Crippen LogP contribution in [0.15, 0.2) is 17.5 Å². The minimum absolute atomic E-state index is 0.414. The Labute approximate surface area is 127 Å². The molecule has 20 heavy (non-hydrogen) atoms. The highest BCUT2D eigenvalue weighted by atomic mass is 32.1. The zero-order chi connectivity index (χ0) is 14.2. The predicted molar refractivity (Wildman–Crippen MR) is 87.3 cm³/mol. The highest BCUT2D eigenvalue weighted by Crippen LogP contribution is 2.38. The molecule has 0 radical (unpaired) electrons. The number of hydrogen-bond acceptors (Lipinski definition) is 3. The smallest absolute Gasteiger partial charge is 0.0417 e. The van der Waals surface area contributed by atoms with E-state index in [9.17, 15) is 0 Å². The van der Waals surface area contributed by atoms with E-state index in [-0.39, 0.29) is 0 Å². The lowest BCUT2D eigenvalue weighted by Crippen LogP contribution is -2.64. The van der Waals surface area contributed by atoms with Crippen LogP contribution in [0.4, 0.5) is 0 Å². The maximum absolute atomic E-state index is 3.92. The molecule has 1 spiro atoms. The van der Waals surface area contributed by atoms with Crippen LogP contribution in [0.25, 0.3) is 0 Å². The summed E-state index contributed by atoms with van der Waals surface area (Å²) in [6, 6.07) is 5.71. The average molecular weight is 292 g/mol. The van der Waals surface area contributed by atoms with Crippen LogP contribution in [0.5, 0.6) is 0 Å². The minimum Gasteiger partial charge on any atom is -0.308 e. The number of hydrogen-bond donors (Lipinski definition) is 1. The Balaban J connectivity index is 1.82. The molecule has 0 aromatic carbocycles. The van der Waals surface area contributed by atoms with E-state index in [1.54, 1.807) is 0 Å². The molecule has 112 valence electrons. The number of nitrogens with one attached hydrogen (secondary N) is 1. The van der Waals surface area contributed by atoms with Crippen molar-refractivity contribution in [2.75, 3.05) is 13.1 Å². The summed E-state index contributed by atoms with van der Waals surface area (Å²) in [4.78, 5) is 4.31. The van der Waals surface area contributed by atoms with Crippen LogP contribution >= 0.6 is 11.3 Å². The van der Waals surface area contributed by atoms with Gasteiger partial charge in [-0.15, -0.1) is 11.3 Å². The summed E-state index contributed by atoms with van der Waals surface area (Å²) in [5.74, 6) is 0.712. The lowest BCUT2D eigenvalue weighted by molar-refractivity contribution is 0.0278. The summed E-state index contributed by atoms with van der Waals surface area (Å²) >= 11 is 1.91. The van der Waals surface area contributed by atoms with Gasteiger partial charge in [0.1, 0.15) is 0 Å². The number of rotatable bonds is 3. The minimum atomic E-state index is 0.414. The first-order valence-electron chi connectivity index (χ1n) is 8.15. The molecule has 0 amide bonds. The Morgan fingerprint density at radius 1 is 1.30 bits per heavy atom. The Kier molecular flexibility index (Phi) is 4.21. The van der Waals surface area contributed by atoms with E-state index in [0.29, 0.717) is 23.5 Å². The Morgan fingerprint density at radius 2 is 2.05 bits per heavy atom. The second kappa shape index (κ2) is 5.78. The van der Waals surface area contributed by atoms with Crippen molar-refractivity contribution < 1.29 is 0 Å². The second-order valence-corrected chi connectivity index (χ2v) is 8.02. The van der Waals surface area contributed by atoms with Crippen LogP contribution in [0.3, 0.4) is 0 Å². The van der Waals surface area contributed by atoms with Crippen LogP contribution < -0.4 is 5.32 Å². The lowest BCUT2D eigenvalue weighted by atomic mass is 9.88. The van der Waals surface area contributed by atoms with Gasteiger partial charge in [-0.05, 0) is 37.1 Å². The first-order chi connectivity index (χ1) is 9.61. The third kappa shape index (κ3) is 2.68. The van der Waals surface area contributed by atoms with Gasteiger partial charge in [0.15, 0.2) is 0 Å². The molecule has 0 bridgehead atoms. The maximum Gasteiger partial charge on any atom is 0.0417 e. The van der Waals surface area contributed by atoms with Gasteiger partial charge >= 0.3 is 0 Å². The van der Waals surface area contributed by atoms with E-state index in [1.807, 2.05) is 11.3 Å². The topological polar surface area (TPSA) is 15.3 Å². The number of piperazine rings is 1. The highest BCUT2D eigenvalue weighted by molar-refractivity contribution is 7.10. The van der Waals surface area contributed by atoms with E-state index < -0.39 is 0 Å². The summed E-state index contributed by atoms with van der Waals surface area (Å²) in [7, 11) is 0. The molecule has 3 heteroatoms. The summed E-state index contributed by atoms with van der Waals surface area (Å²) in [5, 5.41) is 6.13. The Bertz CT molecular complexity index is 420. The molecular weight excluding hydrogens is 264 g/mol. The largest absolute Gasteiger partial charge is 0.308 e. The molecule has 2 fully saturated rings. The number of nitrogens with zero attached hydrogens (tertiary/aromatic N) is 1. The SMILES string of the molecule is CC(C)C1CNC2(CCCC2)CN1C(C)c1cccs1. The zero-order valence-corrected chi connectivity index (χ0v) is 13.9. The molecule has 1 aromatic heterocycles. The molecule has 1 saturated carbocycles. The van der Waals surface area contributed by atoms with Crippen LogP contribution in [-0.2, 0) is 0 Å². The molecule has 2 atom stereocenters. The molecule has 1 aliphatic carbocycles. The third-order valence-electron chi connectivity index (χ3n) is 5.38. The van der Waals surface area contributed by atoms with E-state index >= 15 is 0 Å². The van der Waals surface area contributed by atoms with Crippen molar-refractivity contribution in [1.82, 2.24) is 10.2 Å². The first kappa shape index (κ1) is 14.6. The highest BCUT2D eigenvalue weighted by Gasteiger charge is 2.43. The normalized spacial score (nSPS) is 28.3. The molecule has 2 unspecified atom stereocenters. The van der Waals surface area contributed by atoms with E-state index in [0.717, 1.165) is 6.54 Å². The van der Waals surface area contributed by atoms with Crippen molar-refractivity contribution in [1.29, 1.82) is 0 Å². The van der Waals surface area contributed by atoms with Gasteiger partial charge in [0.2, 0.25) is 0 Å². The molecule has 2 heterocycles. The van der Waals surface area contributed by atoms with Gasteiger partial charge in [0.25, 0.3) is 0 Å². The fraction of sp³-hybridized carbons (Fsp3) is 0.765. The summed E-state index contributed by atoms with van der Waals surface area (Å²) in [6.07, 6.45) is 5.54. The van der Waals surface area contributed by atoms with Crippen molar-refractivity contribution in [3.05, 3.63) is 22.4 Å². The third-order valence-corrected chi connectivity index (χ3v) is 6.42. The van der Waals surface area contributed by atoms with Crippen LogP contribution in [0.2, 0.25) is 0 Å². The Morgan fingerprint density at radius 3 is 2.65 bits per heavy atom. The predicted octanol–water partition coefficient (Wildman–Crippen LogP) is 4.05. The molecule has 3 rings (SSSR count). The van der Waals surface area contributed by atoms with Gasteiger partial charge in [0, 0.05) is 35.6 Å². The van der Waals surface area contributed by atoms with Gasteiger partial charge in [-0.25, -0.2) is 0 Å². The molecule has 2 aliphatic rings. The maximum atomic E-state index is 3.92. The van der Waals surface area contributed by atoms with E-state index in [4.69, 9.17) is 0 Å². The molecule has 1 aromatic rings. The van der Waals surface area contributed by atoms with Crippen molar-refractivity contribution in [3.8, 4) is 0 Å². The molecule has 1 N–H and O–H groups in total. The number of thiophene rings is 1. The van der Waals surface area contributed by atoms with E-state index in [1.165, 1.54) is 37.1 Å². The average Bonchev–Trinajstić information content (AvgIpc) is 3.09. The van der Waals surface area contributed by atoms with Gasteiger partial charge in [-0.1, -0.05) is 32.8 Å². The van der Waals surface area contributed by atoms with Crippen LogP contribution in [-0.4, -0.2) is 29.6 Å². The van der Waals surface area contributed by atoms with Crippen molar-refractivity contribution in [2.24, 2.45) is 5.92 Å². The fourth-order valence-electron chi connectivity index (χ4n) is 4.08. The molecule has 1 aliphatic heterocycles. The first-order valence-corrected chi connectivity index (χ1v) is 9.03.